The number of nitrogens with one attached hydrogen (secondary N) is 2. The van der Waals surface area contributed by atoms with Gasteiger partial charge in [0.1, 0.15) is 17.7 Å². The molecule has 1 unspecified atom stereocenters. The second-order valence-corrected chi connectivity index (χ2v) is 8.07. The average Bonchev–Trinajstić information content (AvgIpc) is 2.83. The molecule has 1 aromatic heterocycles. The Morgan fingerprint density at radius 2 is 1.88 bits per heavy atom. The summed E-state index contributed by atoms with van der Waals surface area (Å²) in [6.45, 7) is 5.54. The van der Waals surface area contributed by atoms with Crippen LogP contribution in [0, 0.1) is 12.8 Å². The molecule has 7 nitrogen and oxygen atoms in total. The minimum atomic E-state index is -3.64. The summed E-state index contributed by atoms with van der Waals surface area (Å²) in [5, 5.41) is 2.75. The number of aromatic nitrogens is 1. The number of fused-ring (bicyclic) bond motifs is 1. The molecule has 0 bridgehead atoms. The van der Waals surface area contributed by atoms with Gasteiger partial charge in [-0.05, 0) is 37.1 Å². The lowest BCUT2D eigenvalue weighted by Gasteiger charge is -2.17. The van der Waals surface area contributed by atoms with Crippen molar-refractivity contribution < 1.29 is 13.2 Å². The number of amidine groups is 1. The van der Waals surface area contributed by atoms with E-state index in [1.807, 2.05) is 26.8 Å². The molecule has 0 radical (unpaired) electrons. The minimum absolute atomic E-state index is 0.135. The summed E-state index contributed by atoms with van der Waals surface area (Å²) in [5.74, 6) is 0.152. The molecule has 2 heterocycles. The van der Waals surface area contributed by atoms with Crippen LogP contribution in [0.2, 0.25) is 0 Å². The maximum absolute atomic E-state index is 12.7. The predicted octanol–water partition coefficient (Wildman–Crippen LogP) is 2.09. The third kappa shape index (κ3) is 3.60. The van der Waals surface area contributed by atoms with Gasteiger partial charge in [0.2, 0.25) is 0 Å². The van der Waals surface area contributed by atoms with Crippen molar-refractivity contribution in [3.63, 3.8) is 0 Å². The molecule has 0 saturated heterocycles. The van der Waals surface area contributed by atoms with E-state index in [0.29, 0.717) is 11.4 Å². The second-order valence-electron chi connectivity index (χ2n) is 6.42. The zero-order valence-electron chi connectivity index (χ0n) is 14.7. The van der Waals surface area contributed by atoms with Crippen molar-refractivity contribution in [2.75, 3.05) is 5.32 Å². The Morgan fingerprint density at radius 3 is 2.58 bits per heavy atom. The van der Waals surface area contributed by atoms with E-state index in [-0.39, 0.29) is 22.6 Å². The summed E-state index contributed by atoms with van der Waals surface area (Å²) in [4.78, 5) is 21.5. The van der Waals surface area contributed by atoms with Gasteiger partial charge in [-0.2, -0.15) is 0 Å². The third-order valence-corrected chi connectivity index (χ3v) is 5.37. The number of aryl methyl sites for hydroxylation is 1. The van der Waals surface area contributed by atoms with Crippen molar-refractivity contribution in [1.82, 2.24) is 9.71 Å². The minimum Gasteiger partial charge on any atom is -0.309 e. The van der Waals surface area contributed by atoms with Crippen LogP contribution < -0.4 is 10.0 Å². The average molecular weight is 372 g/mol. The van der Waals surface area contributed by atoms with Gasteiger partial charge in [-0.1, -0.05) is 32.0 Å². The van der Waals surface area contributed by atoms with Crippen LogP contribution in [0.3, 0.4) is 0 Å². The number of aliphatic imine (C=N–C) groups is 1. The molecule has 3 rings (SSSR count). The molecule has 1 aliphatic rings. The van der Waals surface area contributed by atoms with Gasteiger partial charge in [0.15, 0.2) is 0 Å². The predicted molar refractivity (Wildman–Crippen MR) is 99.5 cm³/mol. The first-order chi connectivity index (χ1) is 12.3. The number of nitrogens with zero attached hydrogens (tertiary/aromatic N) is 2. The Balaban J connectivity index is 1.92. The van der Waals surface area contributed by atoms with Crippen molar-refractivity contribution in [3.8, 4) is 0 Å². The number of pyridine rings is 1. The van der Waals surface area contributed by atoms with Gasteiger partial charge in [-0.3, -0.25) is 14.5 Å². The molecule has 136 valence electrons. The molecule has 8 heteroatoms. The van der Waals surface area contributed by atoms with Crippen LogP contribution in [-0.2, 0) is 14.8 Å². The van der Waals surface area contributed by atoms with Crippen molar-refractivity contribution in [3.05, 3.63) is 53.7 Å². The zero-order chi connectivity index (χ0) is 18.9. The highest BCUT2D eigenvalue weighted by atomic mass is 32.2. The van der Waals surface area contributed by atoms with Crippen LogP contribution in [0.1, 0.15) is 25.1 Å². The van der Waals surface area contributed by atoms with E-state index < -0.39 is 16.1 Å². The number of carbonyl (C=O) groups is 1. The van der Waals surface area contributed by atoms with Gasteiger partial charge < -0.3 is 5.32 Å². The van der Waals surface area contributed by atoms with Gasteiger partial charge >= 0.3 is 0 Å². The van der Waals surface area contributed by atoms with Crippen LogP contribution in [0.4, 0.5) is 5.82 Å². The normalized spacial score (nSPS) is 17.6. The first kappa shape index (κ1) is 18.1. The molecule has 26 heavy (non-hydrogen) atoms. The fourth-order valence-corrected chi connectivity index (χ4v) is 3.93. The molecule has 1 aromatic carbocycles. The van der Waals surface area contributed by atoms with Gasteiger partial charge in [-0.15, -0.1) is 0 Å². The van der Waals surface area contributed by atoms with Gasteiger partial charge in [0.25, 0.3) is 15.9 Å². The largest absolute Gasteiger partial charge is 0.309 e. The number of anilines is 1. The van der Waals surface area contributed by atoms with Gasteiger partial charge in [0, 0.05) is 11.3 Å². The molecular weight excluding hydrogens is 352 g/mol. The Morgan fingerprint density at radius 1 is 1.15 bits per heavy atom. The third-order valence-electron chi connectivity index (χ3n) is 3.97. The summed E-state index contributed by atoms with van der Waals surface area (Å²) in [5.41, 5.74) is 1.26. The Labute approximate surface area is 152 Å². The maximum Gasteiger partial charge on any atom is 0.263 e. The molecular formula is C18H20N4O3S. The molecule has 0 saturated carbocycles. The van der Waals surface area contributed by atoms with Crippen LogP contribution in [-0.4, -0.2) is 31.2 Å². The Bertz CT molecular complexity index is 983. The number of hydrogen-bond donors (Lipinski definition) is 2. The molecule has 1 aliphatic heterocycles. The molecule has 1 amide bonds. The topological polar surface area (TPSA) is 101 Å². The lowest BCUT2D eigenvalue weighted by molar-refractivity contribution is -0.118. The monoisotopic (exact) mass is 372 g/mol. The van der Waals surface area contributed by atoms with Crippen LogP contribution >= 0.6 is 0 Å². The summed E-state index contributed by atoms with van der Waals surface area (Å²) in [6, 6.07) is 11.1. The quantitative estimate of drug-likeness (QED) is 0.858. The lowest BCUT2D eigenvalue weighted by atomic mass is 10.0. The first-order valence-electron chi connectivity index (χ1n) is 8.22. The van der Waals surface area contributed by atoms with E-state index in [1.54, 1.807) is 30.3 Å². The van der Waals surface area contributed by atoms with Crippen LogP contribution in [0.15, 0.2) is 52.4 Å². The molecule has 0 spiro atoms. The van der Waals surface area contributed by atoms with E-state index in [0.717, 1.165) is 5.69 Å². The number of sulfonamides is 1. The van der Waals surface area contributed by atoms with Crippen molar-refractivity contribution in [2.45, 2.75) is 31.7 Å². The summed E-state index contributed by atoms with van der Waals surface area (Å²) >= 11 is 0. The van der Waals surface area contributed by atoms with E-state index >= 15 is 0 Å². The number of rotatable bonds is 4. The highest BCUT2D eigenvalue weighted by molar-refractivity contribution is 7.90. The molecule has 2 aromatic rings. The first-order valence-corrected chi connectivity index (χ1v) is 9.71. The molecule has 2 N–H and O–H groups in total. The molecule has 0 fully saturated rings. The summed E-state index contributed by atoms with van der Waals surface area (Å²) < 4.78 is 26.9. The van der Waals surface area contributed by atoms with Gasteiger partial charge in [-0.25, -0.2) is 13.4 Å². The van der Waals surface area contributed by atoms with E-state index in [1.165, 1.54) is 6.07 Å². The van der Waals surface area contributed by atoms with Crippen LogP contribution in [0.25, 0.3) is 0 Å². The SMILES string of the molecule is Cc1cccc(NC(=O)C(N=C2NS(=O)(=O)c3ccccc32)C(C)C)n1. The van der Waals surface area contributed by atoms with Crippen molar-refractivity contribution in [2.24, 2.45) is 10.9 Å². The van der Waals surface area contributed by atoms with E-state index in [4.69, 9.17) is 0 Å². The molecule has 1 atom stereocenters. The zero-order valence-corrected chi connectivity index (χ0v) is 15.5. The number of carbonyl (C=O) groups excluding carboxylic acids is 1. The highest BCUT2D eigenvalue weighted by Gasteiger charge is 2.32. The van der Waals surface area contributed by atoms with E-state index in [2.05, 4.69) is 20.0 Å². The van der Waals surface area contributed by atoms with Crippen LogP contribution in [0.5, 0.6) is 0 Å². The fourth-order valence-electron chi connectivity index (χ4n) is 2.69. The van der Waals surface area contributed by atoms with Crippen molar-refractivity contribution in [1.29, 1.82) is 0 Å². The number of hydrogen-bond acceptors (Lipinski definition) is 5. The second kappa shape index (κ2) is 6.87. The van der Waals surface area contributed by atoms with Crippen molar-refractivity contribution >= 4 is 27.6 Å². The lowest BCUT2D eigenvalue weighted by Crippen LogP contribution is -2.34. The standard InChI is InChI=1S/C18H20N4O3S/c1-11(2)16(18(23)20-15-10-6-7-12(3)19-15)21-17-13-8-4-5-9-14(13)26(24,25)22-17/h4-11,16H,1-3H3,(H,21,22)(H,19,20,23). The Kier molecular flexibility index (Phi) is 4.78. The fraction of sp³-hybridized carbons (Fsp3) is 0.278. The number of benzene rings is 1. The van der Waals surface area contributed by atoms with Gasteiger partial charge in [0.05, 0.1) is 4.90 Å². The molecule has 0 aliphatic carbocycles. The Hall–Kier alpha value is -2.74. The summed E-state index contributed by atoms with van der Waals surface area (Å²) in [6.07, 6.45) is 0. The van der Waals surface area contributed by atoms with E-state index in [9.17, 15) is 13.2 Å². The number of amides is 1. The maximum atomic E-state index is 12.7. The summed E-state index contributed by atoms with van der Waals surface area (Å²) in [7, 11) is -3.64. The highest BCUT2D eigenvalue weighted by Crippen LogP contribution is 2.23. The smallest absolute Gasteiger partial charge is 0.263 e.